The maximum Gasteiger partial charge on any atom is 0.224 e. The summed E-state index contributed by atoms with van der Waals surface area (Å²) in [5, 5.41) is 14.8. The molecule has 0 aromatic rings. The lowest BCUT2D eigenvalue weighted by atomic mass is 9.91. The number of nitrogens with zero attached hydrogens (tertiary/aromatic N) is 2. The Labute approximate surface area is 95.8 Å². The smallest absolute Gasteiger partial charge is 0.224 e. The third kappa shape index (κ3) is 2.04. The van der Waals surface area contributed by atoms with Gasteiger partial charge < -0.3 is 10.6 Å². The van der Waals surface area contributed by atoms with E-state index in [1.165, 1.54) is 0 Å². The van der Waals surface area contributed by atoms with Crippen LogP contribution in [0.5, 0.6) is 0 Å². The minimum absolute atomic E-state index is 0.143. The van der Waals surface area contributed by atoms with E-state index in [4.69, 9.17) is 5.26 Å². The van der Waals surface area contributed by atoms with E-state index in [9.17, 15) is 4.79 Å². The van der Waals surface area contributed by atoms with E-state index in [1.807, 2.05) is 0 Å². The second kappa shape index (κ2) is 4.81. The van der Waals surface area contributed by atoms with Gasteiger partial charge in [-0.05, 0) is 26.4 Å². The summed E-state index contributed by atoms with van der Waals surface area (Å²) in [6, 6.07) is 2.38. The fourth-order valence-electron chi connectivity index (χ4n) is 2.70. The highest BCUT2D eigenvalue weighted by Gasteiger charge is 2.40. The Morgan fingerprint density at radius 3 is 3.25 bits per heavy atom. The van der Waals surface area contributed by atoms with Crippen LogP contribution in [0.3, 0.4) is 0 Å². The Morgan fingerprint density at radius 2 is 2.56 bits per heavy atom. The molecule has 88 valence electrons. The van der Waals surface area contributed by atoms with Crippen molar-refractivity contribution in [3.05, 3.63) is 0 Å². The number of likely N-dealkylation sites (N-methyl/N-ethyl adjacent to an activating group) is 1. The molecule has 0 bridgehead atoms. The molecule has 5 heteroatoms. The highest BCUT2D eigenvalue weighted by atomic mass is 16.2. The van der Waals surface area contributed by atoms with Crippen LogP contribution in [0.4, 0.5) is 0 Å². The Balaban J connectivity index is 1.99. The first-order valence-corrected chi connectivity index (χ1v) is 5.85. The minimum Gasteiger partial charge on any atom is -0.354 e. The summed E-state index contributed by atoms with van der Waals surface area (Å²) in [7, 11) is 1.80. The number of nitrogens with one attached hydrogen (secondary N) is 2. The lowest BCUT2D eigenvalue weighted by molar-refractivity contribution is -0.124. The number of hydrogen-bond donors (Lipinski definition) is 2. The summed E-state index contributed by atoms with van der Waals surface area (Å²) >= 11 is 0. The van der Waals surface area contributed by atoms with E-state index >= 15 is 0 Å². The molecule has 2 heterocycles. The first kappa shape index (κ1) is 11.4. The van der Waals surface area contributed by atoms with Crippen molar-refractivity contribution in [3.63, 3.8) is 0 Å². The zero-order valence-electron chi connectivity index (χ0n) is 9.57. The van der Waals surface area contributed by atoms with Crippen LogP contribution in [-0.2, 0) is 4.79 Å². The van der Waals surface area contributed by atoms with Gasteiger partial charge in [0.25, 0.3) is 0 Å². The standard InChI is InChI=1S/C11H18N4O/c1-13-8(5-12)7-15-4-2-3-9-10(15)6-14-11(9)16/h8-10,13H,2-4,6-7H2,1H3,(H,14,16). The Bertz CT molecular complexity index is 312. The molecular formula is C11H18N4O. The molecule has 2 rings (SSSR count). The first-order chi connectivity index (χ1) is 7.76. The van der Waals surface area contributed by atoms with E-state index in [2.05, 4.69) is 21.6 Å². The van der Waals surface area contributed by atoms with Gasteiger partial charge in [-0.3, -0.25) is 9.69 Å². The third-order valence-corrected chi connectivity index (χ3v) is 3.64. The normalized spacial score (nSPS) is 31.6. The average molecular weight is 222 g/mol. The summed E-state index contributed by atoms with van der Waals surface area (Å²) < 4.78 is 0. The van der Waals surface area contributed by atoms with Crippen molar-refractivity contribution in [2.45, 2.75) is 24.9 Å². The van der Waals surface area contributed by atoms with Gasteiger partial charge in [-0.1, -0.05) is 0 Å². The van der Waals surface area contributed by atoms with Crippen LogP contribution in [0.25, 0.3) is 0 Å². The molecule has 2 aliphatic heterocycles. The van der Waals surface area contributed by atoms with E-state index in [0.29, 0.717) is 12.6 Å². The second-order valence-corrected chi connectivity index (χ2v) is 4.53. The van der Waals surface area contributed by atoms with Crippen molar-refractivity contribution in [3.8, 4) is 6.07 Å². The van der Waals surface area contributed by atoms with Crippen LogP contribution in [0.1, 0.15) is 12.8 Å². The molecule has 16 heavy (non-hydrogen) atoms. The van der Waals surface area contributed by atoms with Crippen LogP contribution in [-0.4, -0.2) is 49.6 Å². The molecule has 2 saturated heterocycles. The van der Waals surface area contributed by atoms with Crippen molar-refractivity contribution >= 4 is 5.91 Å². The minimum atomic E-state index is -0.144. The summed E-state index contributed by atoms with van der Waals surface area (Å²) in [6.07, 6.45) is 2.04. The van der Waals surface area contributed by atoms with Crippen LogP contribution >= 0.6 is 0 Å². The molecule has 0 saturated carbocycles. The lowest BCUT2D eigenvalue weighted by Crippen LogP contribution is -2.50. The van der Waals surface area contributed by atoms with E-state index in [1.54, 1.807) is 7.05 Å². The molecule has 0 radical (unpaired) electrons. The zero-order valence-corrected chi connectivity index (χ0v) is 9.57. The van der Waals surface area contributed by atoms with Gasteiger partial charge in [0.05, 0.1) is 12.0 Å². The molecule has 3 atom stereocenters. The van der Waals surface area contributed by atoms with Crippen molar-refractivity contribution in [1.29, 1.82) is 5.26 Å². The number of rotatable bonds is 3. The summed E-state index contributed by atoms with van der Waals surface area (Å²) in [4.78, 5) is 13.8. The average Bonchev–Trinajstić information content (AvgIpc) is 2.69. The monoisotopic (exact) mass is 222 g/mol. The number of carbonyl (C=O) groups excluding carboxylic acids is 1. The first-order valence-electron chi connectivity index (χ1n) is 5.85. The lowest BCUT2D eigenvalue weighted by Gasteiger charge is -2.36. The van der Waals surface area contributed by atoms with Gasteiger partial charge in [-0.15, -0.1) is 0 Å². The van der Waals surface area contributed by atoms with E-state index in [-0.39, 0.29) is 17.9 Å². The van der Waals surface area contributed by atoms with Crippen LogP contribution in [0.2, 0.25) is 0 Å². The van der Waals surface area contributed by atoms with E-state index in [0.717, 1.165) is 25.9 Å². The number of carbonyl (C=O) groups is 1. The maximum atomic E-state index is 11.6. The van der Waals surface area contributed by atoms with Crippen molar-refractivity contribution < 1.29 is 4.79 Å². The molecule has 2 aliphatic rings. The van der Waals surface area contributed by atoms with Gasteiger partial charge in [0, 0.05) is 19.1 Å². The number of nitriles is 1. The Hall–Kier alpha value is -1.12. The highest BCUT2D eigenvalue weighted by molar-refractivity contribution is 5.82. The molecule has 2 N–H and O–H groups in total. The fourth-order valence-corrected chi connectivity index (χ4v) is 2.70. The van der Waals surface area contributed by atoms with Crippen LogP contribution in [0, 0.1) is 17.2 Å². The fraction of sp³-hybridized carbons (Fsp3) is 0.818. The number of hydrogen-bond acceptors (Lipinski definition) is 4. The molecule has 2 fully saturated rings. The predicted octanol–water partition coefficient (Wildman–Crippen LogP) is -0.692. The molecule has 1 amide bonds. The molecule has 0 spiro atoms. The van der Waals surface area contributed by atoms with Gasteiger partial charge in [0.1, 0.15) is 6.04 Å². The van der Waals surface area contributed by atoms with Gasteiger partial charge in [-0.2, -0.15) is 5.26 Å². The Kier molecular flexibility index (Phi) is 3.42. The van der Waals surface area contributed by atoms with Crippen LogP contribution in [0.15, 0.2) is 0 Å². The topological polar surface area (TPSA) is 68.2 Å². The maximum absolute atomic E-state index is 11.6. The van der Waals surface area contributed by atoms with Gasteiger partial charge in [0.15, 0.2) is 0 Å². The van der Waals surface area contributed by atoms with Gasteiger partial charge in [0.2, 0.25) is 5.91 Å². The molecule has 3 unspecified atom stereocenters. The number of amides is 1. The predicted molar refractivity (Wildman–Crippen MR) is 59.6 cm³/mol. The Morgan fingerprint density at radius 1 is 1.75 bits per heavy atom. The summed E-state index contributed by atoms with van der Waals surface area (Å²) in [5.74, 6) is 0.331. The van der Waals surface area contributed by atoms with Crippen molar-refractivity contribution in [2.24, 2.45) is 5.92 Å². The molecule has 0 aliphatic carbocycles. The number of fused-ring (bicyclic) bond motifs is 1. The molecule has 5 nitrogen and oxygen atoms in total. The third-order valence-electron chi connectivity index (χ3n) is 3.64. The summed E-state index contributed by atoms with van der Waals surface area (Å²) in [6.45, 7) is 2.45. The molecule has 0 aromatic heterocycles. The van der Waals surface area contributed by atoms with Crippen LogP contribution < -0.4 is 10.6 Å². The molecule has 0 aromatic carbocycles. The second-order valence-electron chi connectivity index (χ2n) is 4.53. The van der Waals surface area contributed by atoms with Crippen molar-refractivity contribution in [2.75, 3.05) is 26.7 Å². The molecular weight excluding hydrogens is 204 g/mol. The van der Waals surface area contributed by atoms with Gasteiger partial charge >= 0.3 is 0 Å². The quantitative estimate of drug-likeness (QED) is 0.663. The summed E-state index contributed by atoms with van der Waals surface area (Å²) in [5.41, 5.74) is 0. The van der Waals surface area contributed by atoms with Gasteiger partial charge in [-0.25, -0.2) is 0 Å². The zero-order chi connectivity index (χ0) is 11.5. The largest absolute Gasteiger partial charge is 0.354 e. The number of piperidine rings is 1. The SMILES string of the molecule is CNC(C#N)CN1CCCC2C(=O)NCC21. The number of likely N-dealkylation sites (tertiary alicyclic amines) is 1. The highest BCUT2D eigenvalue weighted by Crippen LogP contribution is 2.27. The van der Waals surface area contributed by atoms with Crippen molar-refractivity contribution in [1.82, 2.24) is 15.5 Å². The van der Waals surface area contributed by atoms with E-state index < -0.39 is 0 Å².